The van der Waals surface area contributed by atoms with Crippen LogP contribution in [0.4, 0.5) is 4.39 Å². The Kier molecular flexibility index (Phi) is 6.11. The van der Waals surface area contributed by atoms with Crippen LogP contribution in [0.15, 0.2) is 48.5 Å². The average molecular weight is 316 g/mol. The predicted octanol–water partition coefficient (Wildman–Crippen LogP) is 2.41. The Hall–Kier alpha value is -2.40. The zero-order chi connectivity index (χ0) is 16.7. The summed E-state index contributed by atoms with van der Waals surface area (Å²) in [6.07, 6.45) is 0.745. The van der Waals surface area contributed by atoms with Crippen molar-refractivity contribution in [3.8, 4) is 5.75 Å². The zero-order valence-electron chi connectivity index (χ0n) is 13.1. The molecular formula is C18H21FN2O2. The number of carbonyl (C=O) groups excluding carboxylic acids is 1. The first-order chi connectivity index (χ1) is 11.1. The summed E-state index contributed by atoms with van der Waals surface area (Å²) >= 11 is 0. The Morgan fingerprint density at radius 2 is 2.04 bits per heavy atom. The van der Waals surface area contributed by atoms with Crippen LogP contribution in [0.2, 0.25) is 0 Å². The van der Waals surface area contributed by atoms with Crippen LogP contribution in [0.25, 0.3) is 0 Å². The molecule has 0 aliphatic heterocycles. The van der Waals surface area contributed by atoms with Crippen LogP contribution in [-0.4, -0.2) is 18.5 Å². The number of nitrogens with two attached hydrogens (primary N) is 1. The molecule has 4 nitrogen and oxygen atoms in total. The van der Waals surface area contributed by atoms with Gasteiger partial charge in [0.15, 0.2) is 0 Å². The number of hydrogen-bond acceptors (Lipinski definition) is 3. The fourth-order valence-electron chi connectivity index (χ4n) is 2.10. The average Bonchev–Trinajstić information content (AvgIpc) is 2.54. The number of benzene rings is 2. The van der Waals surface area contributed by atoms with E-state index in [1.807, 2.05) is 24.3 Å². The number of carbonyl (C=O) groups is 1. The normalized spacial score (nSPS) is 11.9. The molecule has 1 amide bonds. The minimum absolute atomic E-state index is 0.188. The lowest BCUT2D eigenvalue weighted by Crippen LogP contribution is -2.39. The van der Waals surface area contributed by atoms with Crippen molar-refractivity contribution in [3.63, 3.8) is 0 Å². The summed E-state index contributed by atoms with van der Waals surface area (Å²) in [5, 5.41) is 3.05. The van der Waals surface area contributed by atoms with Crippen molar-refractivity contribution in [1.82, 2.24) is 5.32 Å². The third kappa shape index (κ3) is 5.38. The summed E-state index contributed by atoms with van der Waals surface area (Å²) in [5.41, 5.74) is 6.79. The first kappa shape index (κ1) is 17.0. The molecule has 0 radical (unpaired) electrons. The molecule has 0 saturated carbocycles. The smallest absolute Gasteiger partial charge is 0.234 e. The first-order valence-corrected chi connectivity index (χ1v) is 7.54. The fraction of sp³-hybridized carbons (Fsp3) is 0.278. The molecule has 0 heterocycles. The van der Waals surface area contributed by atoms with Gasteiger partial charge in [-0.2, -0.15) is 0 Å². The highest BCUT2D eigenvalue weighted by atomic mass is 19.1. The van der Waals surface area contributed by atoms with E-state index in [4.69, 9.17) is 10.5 Å². The van der Waals surface area contributed by atoms with Gasteiger partial charge in [0.25, 0.3) is 0 Å². The van der Waals surface area contributed by atoms with Gasteiger partial charge in [-0.3, -0.25) is 4.79 Å². The molecule has 23 heavy (non-hydrogen) atoms. The third-order valence-corrected chi connectivity index (χ3v) is 3.54. The highest BCUT2D eigenvalue weighted by Gasteiger charge is 2.07. The third-order valence-electron chi connectivity index (χ3n) is 3.54. The maximum Gasteiger partial charge on any atom is 0.234 e. The molecule has 2 rings (SSSR count). The first-order valence-electron chi connectivity index (χ1n) is 7.54. The molecule has 1 atom stereocenters. The Bertz CT molecular complexity index is 661. The lowest BCUT2D eigenvalue weighted by atomic mass is 10.1. The van der Waals surface area contributed by atoms with Gasteiger partial charge in [0.05, 0.1) is 6.04 Å². The van der Waals surface area contributed by atoms with Crippen molar-refractivity contribution in [2.45, 2.75) is 26.0 Å². The second kappa shape index (κ2) is 8.29. The summed E-state index contributed by atoms with van der Waals surface area (Å²) in [6.45, 7) is 2.56. The van der Waals surface area contributed by atoms with Gasteiger partial charge >= 0.3 is 0 Å². The van der Waals surface area contributed by atoms with E-state index < -0.39 is 0 Å². The van der Waals surface area contributed by atoms with Crippen LogP contribution >= 0.6 is 0 Å². The number of rotatable bonds is 8. The van der Waals surface area contributed by atoms with E-state index in [0.29, 0.717) is 17.9 Å². The van der Waals surface area contributed by atoms with Crippen molar-refractivity contribution in [3.05, 3.63) is 65.5 Å². The summed E-state index contributed by atoms with van der Waals surface area (Å²) in [6, 6.07) is 13.8. The zero-order valence-corrected chi connectivity index (χ0v) is 13.1. The molecule has 2 aromatic carbocycles. The summed E-state index contributed by atoms with van der Waals surface area (Å²) in [4.78, 5) is 11.0. The van der Waals surface area contributed by atoms with Crippen molar-refractivity contribution in [1.29, 1.82) is 0 Å². The van der Waals surface area contributed by atoms with E-state index in [1.165, 1.54) is 6.07 Å². The monoisotopic (exact) mass is 316 g/mol. The van der Waals surface area contributed by atoms with Gasteiger partial charge in [0, 0.05) is 5.56 Å². The molecule has 122 valence electrons. The van der Waals surface area contributed by atoms with E-state index in [1.54, 1.807) is 25.1 Å². The number of halogens is 1. The Morgan fingerprint density at radius 3 is 2.78 bits per heavy atom. The number of hydrogen-bond donors (Lipinski definition) is 2. The Labute approximate surface area is 135 Å². The number of ether oxygens (including phenoxy) is 1. The molecule has 0 saturated heterocycles. The van der Waals surface area contributed by atoms with Gasteiger partial charge in [-0.25, -0.2) is 4.39 Å². The molecule has 0 spiro atoms. The van der Waals surface area contributed by atoms with Crippen molar-refractivity contribution < 1.29 is 13.9 Å². The SMILES string of the molecule is CC(NCCc1cccc(OCc2ccccc2F)c1)C(N)=O. The molecule has 3 N–H and O–H groups in total. The maximum atomic E-state index is 13.6. The van der Waals surface area contributed by atoms with Gasteiger partial charge in [0.1, 0.15) is 18.2 Å². The summed E-state index contributed by atoms with van der Waals surface area (Å²) in [5.74, 6) is 0.0500. The van der Waals surface area contributed by atoms with E-state index in [2.05, 4.69) is 5.32 Å². The summed E-state index contributed by atoms with van der Waals surface area (Å²) in [7, 11) is 0. The van der Waals surface area contributed by atoms with Crippen molar-refractivity contribution in [2.75, 3.05) is 6.54 Å². The van der Waals surface area contributed by atoms with Crippen molar-refractivity contribution >= 4 is 5.91 Å². The van der Waals surface area contributed by atoms with E-state index >= 15 is 0 Å². The number of nitrogens with one attached hydrogen (secondary N) is 1. The van der Waals surface area contributed by atoms with Gasteiger partial charge in [-0.05, 0) is 43.7 Å². The highest BCUT2D eigenvalue weighted by molar-refractivity contribution is 5.79. The second-order valence-electron chi connectivity index (χ2n) is 5.36. The highest BCUT2D eigenvalue weighted by Crippen LogP contribution is 2.16. The molecule has 0 bridgehead atoms. The molecule has 0 aliphatic rings. The molecule has 5 heteroatoms. The molecule has 0 aromatic heterocycles. The number of amides is 1. The lowest BCUT2D eigenvalue weighted by molar-refractivity contribution is -0.119. The van der Waals surface area contributed by atoms with Crippen LogP contribution in [0.3, 0.4) is 0 Å². The molecule has 1 unspecified atom stereocenters. The van der Waals surface area contributed by atoms with Gasteiger partial charge in [-0.15, -0.1) is 0 Å². The van der Waals surface area contributed by atoms with Crippen LogP contribution in [-0.2, 0) is 17.8 Å². The van der Waals surface area contributed by atoms with E-state index in [9.17, 15) is 9.18 Å². The second-order valence-corrected chi connectivity index (χ2v) is 5.36. The van der Waals surface area contributed by atoms with Gasteiger partial charge < -0.3 is 15.8 Å². The van der Waals surface area contributed by atoms with E-state index in [0.717, 1.165) is 12.0 Å². The van der Waals surface area contributed by atoms with E-state index in [-0.39, 0.29) is 24.4 Å². The van der Waals surface area contributed by atoms with Crippen LogP contribution < -0.4 is 15.8 Å². The molecular weight excluding hydrogens is 295 g/mol. The Morgan fingerprint density at radius 1 is 1.26 bits per heavy atom. The molecule has 2 aromatic rings. The molecule has 0 fully saturated rings. The molecule has 0 aliphatic carbocycles. The lowest BCUT2D eigenvalue weighted by Gasteiger charge is -2.11. The maximum absolute atomic E-state index is 13.6. The standard InChI is InChI=1S/C18H21FN2O2/c1-13(18(20)22)21-10-9-14-5-4-7-16(11-14)23-12-15-6-2-3-8-17(15)19/h2-8,11,13,21H,9-10,12H2,1H3,(H2,20,22). The van der Waals surface area contributed by atoms with Crippen LogP contribution in [0.5, 0.6) is 5.75 Å². The minimum Gasteiger partial charge on any atom is -0.489 e. The Balaban J connectivity index is 1.87. The van der Waals surface area contributed by atoms with Gasteiger partial charge in [-0.1, -0.05) is 30.3 Å². The van der Waals surface area contributed by atoms with Crippen molar-refractivity contribution in [2.24, 2.45) is 5.73 Å². The van der Waals surface area contributed by atoms with Gasteiger partial charge in [0.2, 0.25) is 5.91 Å². The number of primary amides is 1. The quantitative estimate of drug-likeness (QED) is 0.786. The minimum atomic E-state index is -0.369. The predicted molar refractivity (Wildman–Crippen MR) is 87.5 cm³/mol. The largest absolute Gasteiger partial charge is 0.489 e. The summed E-state index contributed by atoms with van der Waals surface area (Å²) < 4.78 is 19.2. The van der Waals surface area contributed by atoms with Crippen LogP contribution in [0, 0.1) is 5.82 Å². The van der Waals surface area contributed by atoms with Crippen LogP contribution in [0.1, 0.15) is 18.1 Å². The topological polar surface area (TPSA) is 64.3 Å². The fourth-order valence-corrected chi connectivity index (χ4v) is 2.10.